The molecule has 1 unspecified atom stereocenters. The predicted molar refractivity (Wildman–Crippen MR) is 153 cm³/mol. The summed E-state index contributed by atoms with van der Waals surface area (Å²) in [5, 5.41) is 2.39. The monoisotopic (exact) mass is 531 g/mol. The summed E-state index contributed by atoms with van der Waals surface area (Å²) in [6.07, 6.45) is 9.44. The number of benzene rings is 2. The van der Waals surface area contributed by atoms with Crippen LogP contribution < -0.4 is 0 Å². The van der Waals surface area contributed by atoms with Crippen molar-refractivity contribution in [1.82, 2.24) is 14.9 Å². The van der Waals surface area contributed by atoms with Gasteiger partial charge in [0, 0.05) is 50.7 Å². The number of hydrogen-bond acceptors (Lipinski definition) is 5. The summed E-state index contributed by atoms with van der Waals surface area (Å²) in [6, 6.07) is 21.8. The summed E-state index contributed by atoms with van der Waals surface area (Å²) in [4.78, 5) is 24.3. The van der Waals surface area contributed by atoms with Gasteiger partial charge >= 0.3 is 6.09 Å². The van der Waals surface area contributed by atoms with Crippen LogP contribution in [0.4, 0.5) is 4.79 Å². The molecule has 3 saturated heterocycles. The Morgan fingerprint density at radius 2 is 1.69 bits per heavy atom. The summed E-state index contributed by atoms with van der Waals surface area (Å²) >= 11 is 0. The lowest BCUT2D eigenvalue weighted by atomic mass is 9.76. The smallest absolute Gasteiger partial charge is 0.410 e. The van der Waals surface area contributed by atoms with Crippen LogP contribution in [0.2, 0.25) is 0 Å². The van der Waals surface area contributed by atoms with Gasteiger partial charge < -0.3 is 14.5 Å². The van der Waals surface area contributed by atoms with Gasteiger partial charge in [0.25, 0.3) is 0 Å². The Hall–Kier alpha value is -2.41. The zero-order valence-electron chi connectivity index (χ0n) is 23.5. The summed E-state index contributed by atoms with van der Waals surface area (Å²) < 4.78 is 5.69. The molecule has 6 nitrogen and oxygen atoms in total. The Morgan fingerprint density at radius 1 is 1.00 bits per heavy atom. The largest absolute Gasteiger partial charge is 0.445 e. The number of carbonyl (C=O) groups is 1. The number of fused-ring (bicyclic) bond motifs is 1. The number of carbonyl (C=O) groups excluding carboxylic acids is 1. The van der Waals surface area contributed by atoms with E-state index in [1.54, 1.807) is 0 Å². The molecule has 0 bridgehead atoms. The van der Waals surface area contributed by atoms with E-state index in [4.69, 9.17) is 9.57 Å². The van der Waals surface area contributed by atoms with Crippen LogP contribution >= 0.6 is 0 Å². The van der Waals surface area contributed by atoms with Crippen molar-refractivity contribution in [2.75, 3.05) is 32.7 Å². The normalized spacial score (nSPS) is 27.5. The quantitative estimate of drug-likeness (QED) is 0.424. The minimum atomic E-state index is -0.184. The molecular weight excluding hydrogens is 486 g/mol. The number of hydrogen-bond donors (Lipinski definition) is 0. The Balaban J connectivity index is 1.08. The number of nitrogens with zero attached hydrogens (tertiary/aromatic N) is 3. The maximum Gasteiger partial charge on any atom is 0.410 e. The molecular formula is C33H45N3O3. The summed E-state index contributed by atoms with van der Waals surface area (Å²) in [5.74, 6) is 1.08. The number of piperidine rings is 1. The SMILES string of the molecule is CCN(C(=O)OCc1ccccc1)C1CCN(CC2[C@@H](c3ccccc3)CN3OC4(CCCCC4)C[C@@H]23)CC1. The van der Waals surface area contributed by atoms with Crippen LogP contribution in [-0.4, -0.2) is 71.4 Å². The molecule has 0 radical (unpaired) electrons. The number of ether oxygens (including phenoxy) is 1. The van der Waals surface area contributed by atoms with Crippen molar-refractivity contribution in [3.63, 3.8) is 0 Å². The molecule has 6 rings (SSSR count). The summed E-state index contributed by atoms with van der Waals surface area (Å²) in [6.45, 7) is 7.26. The first-order valence-corrected chi connectivity index (χ1v) is 15.3. The Labute approximate surface area is 234 Å². The molecule has 0 N–H and O–H groups in total. The topological polar surface area (TPSA) is 45.2 Å². The molecule has 39 heavy (non-hydrogen) atoms. The number of amides is 1. The highest BCUT2D eigenvalue weighted by atomic mass is 16.7. The van der Waals surface area contributed by atoms with Crippen LogP contribution in [0.25, 0.3) is 0 Å². The standard InChI is InChI=1S/C33H45N3O3/c1-2-35(32(37)38-25-26-12-6-3-7-13-26)28-16-20-34(21-17-28)23-30-29(27-14-8-4-9-15-27)24-36-31(30)22-33(39-36)18-10-5-11-19-33/h3-4,6-9,12-15,28-31H,2,5,10-11,16-25H2,1H3/t29-,30?,31+/m1/s1. The fourth-order valence-corrected chi connectivity index (χ4v) is 7.82. The van der Waals surface area contributed by atoms with Crippen LogP contribution in [0.1, 0.15) is 75.3 Å². The van der Waals surface area contributed by atoms with Gasteiger partial charge in [-0.15, -0.1) is 0 Å². The van der Waals surface area contributed by atoms with Crippen molar-refractivity contribution in [3.05, 3.63) is 71.8 Å². The molecule has 1 spiro atoms. The second-order valence-corrected chi connectivity index (χ2v) is 12.2. The van der Waals surface area contributed by atoms with Crippen molar-refractivity contribution < 1.29 is 14.4 Å². The van der Waals surface area contributed by atoms with Crippen LogP contribution in [0, 0.1) is 5.92 Å². The van der Waals surface area contributed by atoms with Gasteiger partial charge in [0.1, 0.15) is 6.61 Å². The first-order chi connectivity index (χ1) is 19.1. The summed E-state index contributed by atoms with van der Waals surface area (Å²) in [5.41, 5.74) is 2.57. The molecule has 2 aromatic rings. The highest BCUT2D eigenvalue weighted by Crippen LogP contribution is 2.51. The van der Waals surface area contributed by atoms with E-state index in [0.29, 0.717) is 31.0 Å². The van der Waals surface area contributed by atoms with Crippen LogP contribution in [0.5, 0.6) is 0 Å². The molecule has 1 aliphatic carbocycles. The average molecular weight is 532 g/mol. The van der Waals surface area contributed by atoms with Gasteiger partial charge in [-0.25, -0.2) is 4.79 Å². The van der Waals surface area contributed by atoms with Gasteiger partial charge in [-0.3, -0.25) is 4.84 Å². The first kappa shape index (κ1) is 26.8. The molecule has 3 atom stereocenters. The number of hydroxylamine groups is 2. The predicted octanol–water partition coefficient (Wildman–Crippen LogP) is 6.23. The van der Waals surface area contributed by atoms with Gasteiger partial charge in [-0.2, -0.15) is 5.06 Å². The van der Waals surface area contributed by atoms with Crippen LogP contribution in [0.15, 0.2) is 60.7 Å². The first-order valence-electron chi connectivity index (χ1n) is 15.3. The molecule has 4 aliphatic rings. The van der Waals surface area contributed by atoms with Crippen molar-refractivity contribution >= 4 is 6.09 Å². The van der Waals surface area contributed by atoms with Crippen LogP contribution in [0.3, 0.4) is 0 Å². The molecule has 0 aromatic heterocycles. The van der Waals surface area contributed by atoms with E-state index in [-0.39, 0.29) is 17.7 Å². The second kappa shape index (κ2) is 12.0. The Kier molecular flexibility index (Phi) is 8.24. The maximum atomic E-state index is 12.9. The van der Waals surface area contributed by atoms with Crippen LogP contribution in [-0.2, 0) is 16.2 Å². The third-order valence-corrected chi connectivity index (χ3v) is 9.89. The maximum absolute atomic E-state index is 12.9. The van der Waals surface area contributed by atoms with Gasteiger partial charge in [-0.1, -0.05) is 79.9 Å². The molecule has 2 aromatic carbocycles. The Morgan fingerprint density at radius 3 is 2.38 bits per heavy atom. The fourth-order valence-electron chi connectivity index (χ4n) is 7.82. The third-order valence-electron chi connectivity index (χ3n) is 9.89. The Bertz CT molecular complexity index is 1070. The lowest BCUT2D eigenvalue weighted by Crippen LogP contribution is -2.49. The molecule has 6 heteroatoms. The van der Waals surface area contributed by atoms with Crippen molar-refractivity contribution in [2.24, 2.45) is 5.92 Å². The second-order valence-electron chi connectivity index (χ2n) is 12.2. The van der Waals surface area contributed by atoms with E-state index in [1.807, 2.05) is 35.2 Å². The van der Waals surface area contributed by atoms with Gasteiger partial charge in [0.2, 0.25) is 0 Å². The highest BCUT2D eigenvalue weighted by Gasteiger charge is 2.54. The van der Waals surface area contributed by atoms with E-state index in [9.17, 15) is 4.79 Å². The van der Waals surface area contributed by atoms with E-state index < -0.39 is 0 Å². The molecule has 210 valence electrons. The van der Waals surface area contributed by atoms with E-state index in [2.05, 4.69) is 47.2 Å². The van der Waals surface area contributed by atoms with Crippen molar-refractivity contribution in [3.8, 4) is 0 Å². The van der Waals surface area contributed by atoms with E-state index in [0.717, 1.165) is 44.6 Å². The fraction of sp³-hybridized carbons (Fsp3) is 0.606. The van der Waals surface area contributed by atoms with Gasteiger partial charge in [-0.05, 0) is 56.1 Å². The molecule has 1 saturated carbocycles. The number of rotatable bonds is 7. The molecule has 4 fully saturated rings. The average Bonchev–Trinajstić information content (AvgIpc) is 3.48. The lowest BCUT2D eigenvalue weighted by molar-refractivity contribution is -0.205. The van der Waals surface area contributed by atoms with E-state index in [1.165, 1.54) is 44.1 Å². The molecule has 3 aliphatic heterocycles. The minimum absolute atomic E-state index is 0.0948. The molecule has 3 heterocycles. The lowest BCUT2D eigenvalue weighted by Gasteiger charge is -2.39. The van der Waals surface area contributed by atoms with Crippen molar-refractivity contribution in [2.45, 2.75) is 88.5 Å². The zero-order valence-corrected chi connectivity index (χ0v) is 23.5. The highest BCUT2D eigenvalue weighted by molar-refractivity contribution is 5.68. The summed E-state index contributed by atoms with van der Waals surface area (Å²) in [7, 11) is 0. The number of likely N-dealkylation sites (tertiary alicyclic amines) is 1. The molecule has 1 amide bonds. The third kappa shape index (κ3) is 5.89. The van der Waals surface area contributed by atoms with Crippen molar-refractivity contribution in [1.29, 1.82) is 0 Å². The minimum Gasteiger partial charge on any atom is -0.445 e. The zero-order chi connectivity index (χ0) is 26.7. The van der Waals surface area contributed by atoms with Gasteiger partial charge in [0.05, 0.1) is 5.60 Å². The van der Waals surface area contributed by atoms with Gasteiger partial charge in [0.15, 0.2) is 0 Å². The van der Waals surface area contributed by atoms with E-state index >= 15 is 0 Å².